The highest BCUT2D eigenvalue weighted by molar-refractivity contribution is 5.96. The zero-order valence-electron chi connectivity index (χ0n) is 18.9. The molecule has 0 bridgehead atoms. The number of primary amides is 1. The predicted molar refractivity (Wildman–Crippen MR) is 120 cm³/mol. The SMILES string of the molecule is COC.COc1cc(N)c(C)cc1C(N)=O.O=C(O)CCCCCN1CCCCC1. The van der Waals surface area contributed by atoms with Gasteiger partial charge in [0.25, 0.3) is 5.91 Å². The average molecular weight is 426 g/mol. The van der Waals surface area contributed by atoms with Crippen molar-refractivity contribution in [2.75, 3.05) is 46.7 Å². The van der Waals surface area contributed by atoms with Crippen molar-refractivity contribution >= 4 is 17.6 Å². The molecule has 1 aromatic rings. The number of nitrogens with zero attached hydrogens (tertiary/aromatic N) is 1. The molecule has 30 heavy (non-hydrogen) atoms. The average Bonchev–Trinajstić information content (AvgIpc) is 2.71. The second-order valence-electron chi connectivity index (χ2n) is 7.29. The lowest BCUT2D eigenvalue weighted by atomic mass is 10.1. The summed E-state index contributed by atoms with van der Waals surface area (Å²) in [6.45, 7) is 5.47. The van der Waals surface area contributed by atoms with Gasteiger partial charge in [0.15, 0.2) is 0 Å². The van der Waals surface area contributed by atoms with Crippen LogP contribution in [0.15, 0.2) is 12.1 Å². The molecular weight excluding hydrogens is 386 g/mol. The van der Waals surface area contributed by atoms with Crippen molar-refractivity contribution in [1.29, 1.82) is 0 Å². The number of unbranched alkanes of at least 4 members (excludes halogenated alkanes) is 2. The van der Waals surface area contributed by atoms with Crippen LogP contribution < -0.4 is 16.2 Å². The number of carboxylic acids is 1. The molecule has 8 nitrogen and oxygen atoms in total. The Morgan fingerprint density at radius 1 is 1.07 bits per heavy atom. The van der Waals surface area contributed by atoms with E-state index in [4.69, 9.17) is 21.3 Å². The number of hydrogen-bond donors (Lipinski definition) is 3. The lowest BCUT2D eigenvalue weighted by Gasteiger charge is -2.26. The summed E-state index contributed by atoms with van der Waals surface area (Å²) in [5.74, 6) is -0.765. The summed E-state index contributed by atoms with van der Waals surface area (Å²) in [5, 5.41) is 8.45. The van der Waals surface area contributed by atoms with Crippen LogP contribution in [-0.4, -0.2) is 62.8 Å². The molecule has 1 aliphatic heterocycles. The number of carboxylic acid groups (broad SMARTS) is 1. The van der Waals surface area contributed by atoms with Gasteiger partial charge in [-0.25, -0.2) is 0 Å². The highest BCUT2D eigenvalue weighted by atomic mass is 16.5. The quantitative estimate of drug-likeness (QED) is 0.431. The van der Waals surface area contributed by atoms with Gasteiger partial charge in [0.1, 0.15) is 5.75 Å². The Bertz CT molecular complexity index is 631. The van der Waals surface area contributed by atoms with Crippen molar-refractivity contribution in [3.8, 4) is 5.75 Å². The molecule has 1 fully saturated rings. The molecule has 172 valence electrons. The van der Waals surface area contributed by atoms with Crippen LogP contribution in [0.2, 0.25) is 0 Å². The van der Waals surface area contributed by atoms with Crippen LogP contribution in [0, 0.1) is 6.92 Å². The molecule has 0 aromatic heterocycles. The van der Waals surface area contributed by atoms with Crippen LogP contribution in [0.25, 0.3) is 0 Å². The number of nitrogens with two attached hydrogens (primary N) is 2. The number of amides is 1. The highest BCUT2D eigenvalue weighted by Crippen LogP contribution is 2.24. The van der Waals surface area contributed by atoms with E-state index in [-0.39, 0.29) is 0 Å². The number of likely N-dealkylation sites (tertiary alicyclic amines) is 1. The number of carbonyl (C=O) groups excluding carboxylic acids is 1. The van der Waals surface area contributed by atoms with Crippen LogP contribution in [0.4, 0.5) is 5.69 Å². The molecule has 0 saturated carbocycles. The maximum atomic E-state index is 10.9. The molecule has 1 aliphatic rings. The Balaban J connectivity index is 0.000000497. The molecule has 1 saturated heterocycles. The van der Waals surface area contributed by atoms with Gasteiger partial charge in [0.2, 0.25) is 0 Å². The highest BCUT2D eigenvalue weighted by Gasteiger charge is 2.10. The minimum atomic E-state index is -0.664. The van der Waals surface area contributed by atoms with Crippen LogP contribution in [0.3, 0.4) is 0 Å². The Kier molecular flexibility index (Phi) is 15.2. The second-order valence-corrected chi connectivity index (χ2v) is 7.29. The van der Waals surface area contributed by atoms with Crippen molar-refractivity contribution in [3.05, 3.63) is 23.3 Å². The molecule has 0 radical (unpaired) electrons. The van der Waals surface area contributed by atoms with E-state index in [1.165, 1.54) is 46.0 Å². The number of piperidine rings is 1. The normalized spacial score (nSPS) is 13.3. The fourth-order valence-corrected chi connectivity index (χ4v) is 3.04. The van der Waals surface area contributed by atoms with Crippen molar-refractivity contribution in [2.24, 2.45) is 5.73 Å². The van der Waals surface area contributed by atoms with Gasteiger partial charge < -0.3 is 30.9 Å². The molecule has 1 heterocycles. The molecule has 0 aliphatic carbocycles. The number of methoxy groups -OCH3 is 2. The van der Waals surface area contributed by atoms with Crippen molar-refractivity contribution in [2.45, 2.75) is 51.9 Å². The Morgan fingerprint density at radius 2 is 1.67 bits per heavy atom. The van der Waals surface area contributed by atoms with E-state index in [1.54, 1.807) is 33.3 Å². The van der Waals surface area contributed by atoms with Gasteiger partial charge in [0.05, 0.1) is 12.7 Å². The lowest BCUT2D eigenvalue weighted by molar-refractivity contribution is -0.137. The van der Waals surface area contributed by atoms with Gasteiger partial charge in [0, 0.05) is 32.4 Å². The summed E-state index contributed by atoms with van der Waals surface area (Å²) in [5.41, 5.74) is 12.5. The lowest BCUT2D eigenvalue weighted by Crippen LogP contribution is -2.30. The number of aryl methyl sites for hydroxylation is 1. The van der Waals surface area contributed by atoms with E-state index in [0.29, 0.717) is 23.4 Å². The molecule has 5 N–H and O–H groups in total. The number of anilines is 1. The molecular formula is C22H39N3O5. The van der Waals surface area contributed by atoms with E-state index < -0.39 is 11.9 Å². The summed E-state index contributed by atoms with van der Waals surface area (Å²) in [6, 6.07) is 3.21. The summed E-state index contributed by atoms with van der Waals surface area (Å²) in [7, 11) is 4.72. The topological polar surface area (TPSA) is 128 Å². The number of hydrogen-bond acceptors (Lipinski definition) is 6. The third-order valence-electron chi connectivity index (χ3n) is 4.67. The van der Waals surface area contributed by atoms with Crippen molar-refractivity contribution < 1.29 is 24.2 Å². The molecule has 0 spiro atoms. The van der Waals surface area contributed by atoms with Gasteiger partial charge in [-0.05, 0) is 63.9 Å². The van der Waals surface area contributed by atoms with Gasteiger partial charge in [-0.3, -0.25) is 9.59 Å². The van der Waals surface area contributed by atoms with Crippen LogP contribution in [0.5, 0.6) is 5.75 Å². The van der Waals surface area contributed by atoms with Crippen molar-refractivity contribution in [1.82, 2.24) is 4.90 Å². The number of ether oxygens (including phenoxy) is 2. The van der Waals surface area contributed by atoms with E-state index in [1.807, 2.05) is 0 Å². The smallest absolute Gasteiger partial charge is 0.303 e. The molecule has 1 amide bonds. The van der Waals surface area contributed by atoms with Crippen molar-refractivity contribution in [3.63, 3.8) is 0 Å². The van der Waals surface area contributed by atoms with Crippen LogP contribution in [-0.2, 0) is 9.53 Å². The van der Waals surface area contributed by atoms with E-state index >= 15 is 0 Å². The number of carbonyl (C=O) groups is 2. The zero-order valence-corrected chi connectivity index (χ0v) is 18.9. The number of rotatable bonds is 8. The summed E-state index contributed by atoms with van der Waals surface area (Å²) in [4.78, 5) is 23.7. The first-order valence-electron chi connectivity index (χ1n) is 10.3. The molecule has 2 rings (SSSR count). The van der Waals surface area contributed by atoms with E-state index in [9.17, 15) is 9.59 Å². The van der Waals surface area contributed by atoms with Gasteiger partial charge >= 0.3 is 5.97 Å². The minimum absolute atomic E-state index is 0.333. The van der Waals surface area contributed by atoms with Crippen LogP contribution >= 0.6 is 0 Å². The van der Waals surface area contributed by atoms with Gasteiger partial charge in [-0.2, -0.15) is 0 Å². The van der Waals surface area contributed by atoms with Crippen LogP contribution in [0.1, 0.15) is 60.9 Å². The number of aliphatic carboxylic acids is 1. The Labute approximate surface area is 180 Å². The maximum absolute atomic E-state index is 10.9. The predicted octanol–water partition coefficient (Wildman–Crippen LogP) is 3.06. The minimum Gasteiger partial charge on any atom is -0.496 e. The monoisotopic (exact) mass is 425 g/mol. The largest absolute Gasteiger partial charge is 0.496 e. The maximum Gasteiger partial charge on any atom is 0.303 e. The molecule has 8 heteroatoms. The van der Waals surface area contributed by atoms with E-state index in [2.05, 4.69) is 9.64 Å². The second kappa shape index (κ2) is 16.5. The summed E-state index contributed by atoms with van der Waals surface area (Å²) in [6.07, 6.45) is 7.46. The Hall–Kier alpha value is -2.32. The summed E-state index contributed by atoms with van der Waals surface area (Å²) < 4.78 is 9.21. The Morgan fingerprint density at radius 3 is 2.17 bits per heavy atom. The zero-order chi connectivity index (χ0) is 22.9. The van der Waals surface area contributed by atoms with Gasteiger partial charge in [-0.1, -0.05) is 12.8 Å². The molecule has 1 aromatic carbocycles. The fourth-order valence-electron chi connectivity index (χ4n) is 3.04. The third kappa shape index (κ3) is 12.3. The number of nitrogen functional groups attached to an aromatic ring is 1. The first-order valence-corrected chi connectivity index (χ1v) is 10.3. The first-order chi connectivity index (χ1) is 14.3. The first kappa shape index (κ1) is 27.7. The fraction of sp³-hybridized carbons (Fsp3) is 0.636. The third-order valence-corrected chi connectivity index (χ3v) is 4.67. The van der Waals surface area contributed by atoms with Gasteiger partial charge in [-0.15, -0.1) is 0 Å². The molecule has 0 unspecified atom stereocenters. The number of benzene rings is 1. The van der Waals surface area contributed by atoms with E-state index in [0.717, 1.165) is 24.8 Å². The summed E-state index contributed by atoms with van der Waals surface area (Å²) >= 11 is 0. The standard InChI is InChI=1S/C11H21NO2.C9H12N2O2.C2H6O/c13-11(14)7-3-1-4-8-12-9-5-2-6-10-12;1-5-3-6(9(11)12)8(13-2)4-7(5)10;1-3-2/h1-10H2,(H,13,14);3-4H,10H2,1-2H3,(H2,11,12);1-2H3. The molecule has 0 atom stereocenters.